The molecule has 1 atom stereocenters. The third-order valence-electron chi connectivity index (χ3n) is 7.84. The van der Waals surface area contributed by atoms with Crippen molar-refractivity contribution < 1.29 is 14.4 Å². The van der Waals surface area contributed by atoms with Crippen LogP contribution in [0.4, 0.5) is 0 Å². The molecule has 0 bridgehead atoms. The van der Waals surface area contributed by atoms with E-state index in [-0.39, 0.29) is 5.41 Å². The summed E-state index contributed by atoms with van der Waals surface area (Å²) < 4.78 is 11.3. The summed E-state index contributed by atoms with van der Waals surface area (Å²) >= 11 is 0. The summed E-state index contributed by atoms with van der Waals surface area (Å²) in [7, 11) is 2.10. The number of aliphatic hydroxyl groups is 1. The second-order valence-corrected chi connectivity index (χ2v) is 10.8. The Kier molecular flexibility index (Phi) is 6.13. The van der Waals surface area contributed by atoms with E-state index < -0.39 is 5.60 Å². The van der Waals surface area contributed by atoms with Crippen molar-refractivity contribution in [1.82, 2.24) is 10.1 Å². The molecule has 2 saturated heterocycles. The smallest absolute Gasteiger partial charge is 0.167 e. The molecule has 0 radical (unpaired) electrons. The van der Waals surface area contributed by atoms with Gasteiger partial charge >= 0.3 is 0 Å². The Hall–Kier alpha value is -2.47. The van der Waals surface area contributed by atoms with Gasteiger partial charge < -0.3 is 19.3 Å². The molecule has 2 fully saturated rings. The molecule has 5 nitrogen and oxygen atoms in total. The van der Waals surface area contributed by atoms with Crippen LogP contribution in [0.25, 0.3) is 11.3 Å². The van der Waals surface area contributed by atoms with Gasteiger partial charge in [0.2, 0.25) is 0 Å². The van der Waals surface area contributed by atoms with Crippen LogP contribution in [0, 0.1) is 5.41 Å². The maximum Gasteiger partial charge on any atom is 0.167 e. The summed E-state index contributed by atoms with van der Waals surface area (Å²) in [6, 6.07) is 18.7. The first-order chi connectivity index (χ1) is 16.3. The second-order valence-electron chi connectivity index (χ2n) is 10.8. The minimum atomic E-state index is -1.12. The van der Waals surface area contributed by atoms with Crippen LogP contribution in [0.3, 0.4) is 0 Å². The lowest BCUT2D eigenvalue weighted by molar-refractivity contribution is -0.127. The molecular formula is C29H36N2O3. The molecule has 2 aromatic carbocycles. The third-order valence-corrected chi connectivity index (χ3v) is 7.84. The summed E-state index contributed by atoms with van der Waals surface area (Å²) in [4.78, 5) is 2.26. The fraction of sp³-hybridized carbons (Fsp3) is 0.483. The molecule has 34 heavy (non-hydrogen) atoms. The van der Waals surface area contributed by atoms with E-state index in [1.165, 1.54) is 5.56 Å². The Balaban J connectivity index is 1.53. The normalized spacial score (nSPS) is 20.8. The van der Waals surface area contributed by atoms with Gasteiger partial charge in [-0.05, 0) is 48.6 Å². The Morgan fingerprint density at radius 2 is 1.74 bits per heavy atom. The molecule has 2 aliphatic rings. The minimum absolute atomic E-state index is 0.297. The highest BCUT2D eigenvalue weighted by Crippen LogP contribution is 2.50. The van der Waals surface area contributed by atoms with Crippen molar-refractivity contribution in [3.63, 3.8) is 0 Å². The van der Waals surface area contributed by atoms with Gasteiger partial charge in [0.15, 0.2) is 5.76 Å². The van der Waals surface area contributed by atoms with Gasteiger partial charge in [0, 0.05) is 49.3 Å². The first-order valence-corrected chi connectivity index (χ1v) is 12.5. The molecule has 3 heterocycles. The summed E-state index contributed by atoms with van der Waals surface area (Å²) in [6.07, 6.45) is 1.95. The first-order valence-electron chi connectivity index (χ1n) is 12.5. The lowest BCUT2D eigenvalue weighted by Gasteiger charge is -2.56. The van der Waals surface area contributed by atoms with Crippen molar-refractivity contribution in [3.05, 3.63) is 77.0 Å². The van der Waals surface area contributed by atoms with Gasteiger partial charge in [-0.1, -0.05) is 68.4 Å². The molecule has 0 spiro atoms. The van der Waals surface area contributed by atoms with Crippen LogP contribution in [0.15, 0.2) is 59.1 Å². The van der Waals surface area contributed by atoms with Crippen LogP contribution >= 0.6 is 0 Å². The van der Waals surface area contributed by atoms with Gasteiger partial charge in [0.1, 0.15) is 5.60 Å². The van der Waals surface area contributed by atoms with E-state index in [1.54, 1.807) is 0 Å². The van der Waals surface area contributed by atoms with E-state index in [2.05, 4.69) is 74.3 Å². The van der Waals surface area contributed by atoms with E-state index in [9.17, 15) is 5.11 Å². The fourth-order valence-corrected chi connectivity index (χ4v) is 5.85. The topological polar surface area (TPSA) is 58.7 Å². The summed E-state index contributed by atoms with van der Waals surface area (Å²) in [5.41, 5.74) is 3.63. The molecular weight excluding hydrogens is 424 g/mol. The molecule has 5 heteroatoms. The number of benzene rings is 2. The quantitative estimate of drug-likeness (QED) is 0.523. The van der Waals surface area contributed by atoms with Crippen molar-refractivity contribution in [2.45, 2.75) is 51.0 Å². The minimum Gasteiger partial charge on any atom is -0.381 e. The molecule has 5 rings (SSSR count). The van der Waals surface area contributed by atoms with Crippen molar-refractivity contribution in [2.75, 3.05) is 33.4 Å². The van der Waals surface area contributed by atoms with Gasteiger partial charge in [0.25, 0.3) is 0 Å². The van der Waals surface area contributed by atoms with Crippen LogP contribution in [0.2, 0.25) is 0 Å². The number of nitrogens with zero attached hydrogens (tertiary/aromatic N) is 2. The third kappa shape index (κ3) is 4.00. The van der Waals surface area contributed by atoms with E-state index in [0.29, 0.717) is 11.8 Å². The highest BCUT2D eigenvalue weighted by Gasteiger charge is 2.55. The lowest BCUT2D eigenvalue weighted by atomic mass is 9.61. The lowest BCUT2D eigenvalue weighted by Crippen LogP contribution is -2.63. The molecule has 1 aromatic heterocycles. The predicted molar refractivity (Wildman–Crippen MR) is 134 cm³/mol. The number of likely N-dealkylation sites (tertiary alicyclic amines) is 1. The highest BCUT2D eigenvalue weighted by molar-refractivity contribution is 5.60. The number of aromatic nitrogens is 1. The van der Waals surface area contributed by atoms with Crippen molar-refractivity contribution in [2.24, 2.45) is 5.41 Å². The van der Waals surface area contributed by atoms with E-state index in [1.807, 2.05) is 18.2 Å². The number of ether oxygens (including phenoxy) is 1. The van der Waals surface area contributed by atoms with Crippen molar-refractivity contribution in [1.29, 1.82) is 0 Å². The Morgan fingerprint density at radius 1 is 1.03 bits per heavy atom. The highest BCUT2D eigenvalue weighted by atomic mass is 16.5. The fourth-order valence-electron chi connectivity index (χ4n) is 5.85. The molecule has 0 amide bonds. The Labute approximate surface area is 202 Å². The summed E-state index contributed by atoms with van der Waals surface area (Å²) in [5.74, 6) is 1.58. The largest absolute Gasteiger partial charge is 0.381 e. The Morgan fingerprint density at radius 3 is 2.38 bits per heavy atom. The van der Waals surface area contributed by atoms with Crippen LogP contribution in [0.1, 0.15) is 67.8 Å². The van der Waals surface area contributed by atoms with Crippen LogP contribution in [-0.4, -0.2) is 48.5 Å². The van der Waals surface area contributed by atoms with Gasteiger partial charge in [-0.25, -0.2) is 0 Å². The molecule has 180 valence electrons. The van der Waals surface area contributed by atoms with E-state index >= 15 is 0 Å². The zero-order valence-electron chi connectivity index (χ0n) is 20.8. The predicted octanol–water partition coefficient (Wildman–Crippen LogP) is 5.55. The van der Waals surface area contributed by atoms with Crippen LogP contribution in [-0.2, 0) is 10.3 Å². The Bertz CT molecular complexity index is 1120. The summed E-state index contributed by atoms with van der Waals surface area (Å²) in [5, 5.41) is 16.9. The van der Waals surface area contributed by atoms with E-state index in [0.717, 1.165) is 67.3 Å². The molecule has 0 saturated carbocycles. The van der Waals surface area contributed by atoms with Gasteiger partial charge in [0.05, 0.1) is 5.69 Å². The number of hydrogen-bond donors (Lipinski definition) is 1. The van der Waals surface area contributed by atoms with Gasteiger partial charge in [-0.15, -0.1) is 0 Å². The van der Waals surface area contributed by atoms with Crippen LogP contribution in [0.5, 0.6) is 0 Å². The maximum atomic E-state index is 12.5. The average Bonchev–Trinajstić information content (AvgIpc) is 3.34. The van der Waals surface area contributed by atoms with Crippen LogP contribution < -0.4 is 0 Å². The molecule has 0 unspecified atom stereocenters. The summed E-state index contributed by atoms with van der Waals surface area (Å²) in [6.45, 7) is 9.78. The SMILES string of the molecule is CC(C)c1ccc([C@](O)(c2cccc(-c3cc(C4CCOCC4)no3)c2)C2(C)CN(C)C2)cc1. The van der Waals surface area contributed by atoms with Gasteiger partial charge in [-0.2, -0.15) is 0 Å². The van der Waals surface area contributed by atoms with Crippen molar-refractivity contribution >= 4 is 0 Å². The number of rotatable bonds is 6. The van der Waals surface area contributed by atoms with Crippen molar-refractivity contribution in [3.8, 4) is 11.3 Å². The standard InChI is InChI=1S/C29H36N2O3/c1-20(2)21-8-10-24(11-9-21)29(32,28(3)18-31(4)19-28)25-7-5-6-23(16-25)27-17-26(30-34-27)22-12-14-33-15-13-22/h5-11,16-17,20,22,32H,12-15,18-19H2,1-4H3/t29-/m0/s1. The van der Waals surface area contributed by atoms with E-state index in [4.69, 9.17) is 9.26 Å². The zero-order chi connectivity index (χ0) is 23.9. The average molecular weight is 461 g/mol. The maximum absolute atomic E-state index is 12.5. The molecule has 1 N–H and O–H groups in total. The monoisotopic (exact) mass is 460 g/mol. The number of hydrogen-bond acceptors (Lipinski definition) is 5. The first kappa shape index (κ1) is 23.3. The molecule has 3 aromatic rings. The second kappa shape index (κ2) is 8.95. The zero-order valence-corrected chi connectivity index (χ0v) is 20.8. The van der Waals surface area contributed by atoms with Gasteiger partial charge in [-0.3, -0.25) is 0 Å². The molecule has 2 aliphatic heterocycles. The molecule has 0 aliphatic carbocycles.